The van der Waals surface area contributed by atoms with Gasteiger partial charge in [-0.05, 0) is 62.2 Å². The topological polar surface area (TPSA) is 48.4 Å². The molecule has 0 unspecified atom stereocenters. The third-order valence-corrected chi connectivity index (χ3v) is 4.32. The predicted molar refractivity (Wildman–Crippen MR) is 127 cm³/mol. The molecule has 30 heavy (non-hydrogen) atoms. The van der Waals surface area contributed by atoms with Gasteiger partial charge in [0.05, 0.1) is 19.1 Å². The second-order valence-electron chi connectivity index (χ2n) is 6.71. The number of rotatable bonds is 4. The monoisotopic (exact) mass is 411 g/mol. The first-order valence-corrected chi connectivity index (χ1v) is 10.9. The minimum atomic E-state index is 0.624. The molecule has 0 bridgehead atoms. The van der Waals surface area contributed by atoms with Crippen LogP contribution in [0.1, 0.15) is 66.7 Å². The number of fused-ring (bicyclic) bond motifs is 1. The van der Waals surface area contributed by atoms with Gasteiger partial charge < -0.3 is 13.6 Å². The Labute approximate surface area is 181 Å². The van der Waals surface area contributed by atoms with Gasteiger partial charge in [-0.15, -0.1) is 0 Å². The van der Waals surface area contributed by atoms with E-state index in [4.69, 9.17) is 13.6 Å². The van der Waals surface area contributed by atoms with Gasteiger partial charge >= 0.3 is 0 Å². The van der Waals surface area contributed by atoms with Crippen molar-refractivity contribution in [2.45, 2.75) is 60.8 Å². The Morgan fingerprint density at radius 3 is 2.33 bits per heavy atom. The fraction of sp³-hybridized carbons (Fsp3) is 0.423. The number of hydrogen-bond donors (Lipinski definition) is 0. The number of furan rings is 1. The molecule has 1 aromatic carbocycles. The lowest BCUT2D eigenvalue weighted by Crippen LogP contribution is -1.80. The van der Waals surface area contributed by atoms with Crippen LogP contribution in [0.3, 0.4) is 0 Å². The van der Waals surface area contributed by atoms with Crippen molar-refractivity contribution in [2.24, 2.45) is 5.92 Å². The number of nitrogens with zero attached hydrogens (tertiary/aromatic N) is 1. The number of aromatic nitrogens is 1. The summed E-state index contributed by atoms with van der Waals surface area (Å²) in [6, 6.07) is 9.64. The van der Waals surface area contributed by atoms with Crippen LogP contribution >= 0.6 is 0 Å². The molecule has 0 saturated heterocycles. The minimum absolute atomic E-state index is 0.624. The Morgan fingerprint density at radius 2 is 1.90 bits per heavy atom. The maximum Gasteiger partial charge on any atom is 0.219 e. The van der Waals surface area contributed by atoms with Crippen molar-refractivity contribution < 1.29 is 13.6 Å². The predicted octanol–water partition coefficient (Wildman–Crippen LogP) is 8.51. The van der Waals surface area contributed by atoms with E-state index < -0.39 is 0 Å². The van der Waals surface area contributed by atoms with E-state index in [2.05, 4.69) is 18.8 Å². The van der Waals surface area contributed by atoms with Crippen LogP contribution in [0.5, 0.6) is 0 Å². The number of methoxy groups -OCH3 is 1. The van der Waals surface area contributed by atoms with Gasteiger partial charge in [-0.3, -0.25) is 0 Å². The Hall–Kier alpha value is -2.75. The van der Waals surface area contributed by atoms with Crippen molar-refractivity contribution in [3.63, 3.8) is 0 Å². The summed E-state index contributed by atoms with van der Waals surface area (Å²) in [5.74, 6) is 3.59. The summed E-state index contributed by atoms with van der Waals surface area (Å²) in [4.78, 5) is 4.34. The van der Waals surface area contributed by atoms with Crippen LogP contribution in [0.25, 0.3) is 28.5 Å². The van der Waals surface area contributed by atoms with Crippen LogP contribution in [-0.4, -0.2) is 12.1 Å². The molecular formula is C26H37NO3. The zero-order chi connectivity index (χ0) is 22.4. The largest absolute Gasteiger partial charge is 0.501 e. The highest BCUT2D eigenvalue weighted by Gasteiger charge is 2.12. The number of benzene rings is 1. The Balaban J connectivity index is 0.000000287. The number of hydrogen-bond acceptors (Lipinski definition) is 4. The summed E-state index contributed by atoms with van der Waals surface area (Å²) in [6.07, 6.45) is 11.3. The Kier molecular flexibility index (Phi) is 12.0. The lowest BCUT2D eigenvalue weighted by molar-refractivity contribution is 0.280. The van der Waals surface area contributed by atoms with Gasteiger partial charge in [-0.2, -0.15) is 0 Å². The fourth-order valence-electron chi connectivity index (χ4n) is 2.39. The minimum Gasteiger partial charge on any atom is -0.501 e. The van der Waals surface area contributed by atoms with E-state index in [1.165, 1.54) is 12.8 Å². The molecule has 164 valence electrons. The molecule has 2 heterocycles. The van der Waals surface area contributed by atoms with Crippen LogP contribution < -0.4 is 0 Å². The van der Waals surface area contributed by atoms with Gasteiger partial charge in [0, 0.05) is 12.0 Å². The second-order valence-corrected chi connectivity index (χ2v) is 6.71. The first-order chi connectivity index (χ1) is 14.6. The molecule has 0 amide bonds. The van der Waals surface area contributed by atoms with E-state index >= 15 is 0 Å². The third kappa shape index (κ3) is 8.73. The van der Waals surface area contributed by atoms with Gasteiger partial charge in [0.25, 0.3) is 0 Å². The maximum absolute atomic E-state index is 5.61. The number of ether oxygens (including phenoxy) is 1. The molecule has 1 fully saturated rings. The van der Waals surface area contributed by atoms with Crippen LogP contribution in [0.4, 0.5) is 0 Å². The summed E-state index contributed by atoms with van der Waals surface area (Å²) >= 11 is 0. The summed E-state index contributed by atoms with van der Waals surface area (Å²) < 4.78 is 15.9. The zero-order valence-electron chi connectivity index (χ0n) is 19.6. The first kappa shape index (κ1) is 25.3. The van der Waals surface area contributed by atoms with Crippen molar-refractivity contribution >= 4 is 17.2 Å². The molecule has 0 atom stereocenters. The van der Waals surface area contributed by atoms with Crippen molar-refractivity contribution in [3.05, 3.63) is 60.4 Å². The maximum atomic E-state index is 5.61. The van der Waals surface area contributed by atoms with E-state index in [1.807, 2.05) is 76.3 Å². The summed E-state index contributed by atoms with van der Waals surface area (Å²) in [5.41, 5.74) is 2.62. The Morgan fingerprint density at radius 1 is 1.20 bits per heavy atom. The van der Waals surface area contributed by atoms with Gasteiger partial charge in [-0.25, -0.2) is 4.98 Å². The van der Waals surface area contributed by atoms with Crippen LogP contribution in [0.2, 0.25) is 0 Å². The molecule has 1 aliphatic rings. The molecule has 1 aliphatic carbocycles. The van der Waals surface area contributed by atoms with Crippen molar-refractivity contribution in [2.75, 3.05) is 7.11 Å². The molecule has 0 aliphatic heterocycles. The Bertz CT molecular complexity index is 878. The average molecular weight is 412 g/mol. The smallest absolute Gasteiger partial charge is 0.219 e. The molecule has 0 radical (unpaired) electrons. The van der Waals surface area contributed by atoms with Crippen molar-refractivity contribution in [3.8, 4) is 11.3 Å². The molecule has 4 rings (SSSR count). The average Bonchev–Trinajstić information content (AvgIpc) is 3.24. The van der Waals surface area contributed by atoms with E-state index in [0.29, 0.717) is 5.89 Å². The molecule has 0 N–H and O–H groups in total. The van der Waals surface area contributed by atoms with Crippen molar-refractivity contribution in [1.29, 1.82) is 0 Å². The number of oxazole rings is 1. The third-order valence-electron chi connectivity index (χ3n) is 4.32. The number of allylic oxidation sites excluding steroid dienone is 3. The summed E-state index contributed by atoms with van der Waals surface area (Å²) in [7, 11) is 1.69. The van der Waals surface area contributed by atoms with Gasteiger partial charge in [0.15, 0.2) is 5.58 Å². The van der Waals surface area contributed by atoms with Crippen LogP contribution in [-0.2, 0) is 4.74 Å². The molecule has 2 aromatic heterocycles. The molecule has 3 aromatic rings. The summed E-state index contributed by atoms with van der Waals surface area (Å²) in [6.45, 7) is 12.3. The molecule has 1 saturated carbocycles. The summed E-state index contributed by atoms with van der Waals surface area (Å²) in [5, 5.41) is 0. The lowest BCUT2D eigenvalue weighted by Gasteiger charge is -1.97. The van der Waals surface area contributed by atoms with Crippen LogP contribution in [0, 0.1) is 5.92 Å². The van der Waals surface area contributed by atoms with E-state index in [1.54, 1.807) is 13.4 Å². The quantitative estimate of drug-likeness (QED) is 0.404. The SMILES string of the molecule is C/C=C(\CC)OC.C/C=C/c1nc2ccc(-c3ccco3)cc2o1.CC.CC1CC1. The molecule has 4 heteroatoms. The highest BCUT2D eigenvalue weighted by Crippen LogP contribution is 2.27. The molecule has 0 spiro atoms. The van der Waals surface area contributed by atoms with Gasteiger partial charge in [0.2, 0.25) is 5.89 Å². The van der Waals surface area contributed by atoms with Gasteiger partial charge in [-0.1, -0.05) is 46.6 Å². The highest BCUT2D eigenvalue weighted by atomic mass is 16.5. The van der Waals surface area contributed by atoms with Crippen LogP contribution in [0.15, 0.2) is 63.3 Å². The zero-order valence-corrected chi connectivity index (χ0v) is 19.6. The fourth-order valence-corrected chi connectivity index (χ4v) is 2.39. The van der Waals surface area contributed by atoms with Crippen molar-refractivity contribution in [1.82, 2.24) is 4.98 Å². The van der Waals surface area contributed by atoms with E-state index in [9.17, 15) is 0 Å². The normalized spacial score (nSPS) is 13.0. The van der Waals surface area contributed by atoms with E-state index in [0.717, 1.165) is 40.5 Å². The van der Waals surface area contributed by atoms with E-state index in [-0.39, 0.29) is 0 Å². The lowest BCUT2D eigenvalue weighted by atomic mass is 10.1. The molecular weight excluding hydrogens is 374 g/mol. The standard InChI is InChI=1S/C14H11NO2.C6H12O.C4H8.C2H6/c1-2-4-14-15-11-7-6-10(9-13(11)17-14)12-5-3-8-16-12;1-4-6(5-2)7-3;1-4-2-3-4;1-2/h2-9H,1H3;4H,5H2,1-3H3;4H,2-3H2,1H3;1-2H3/b4-2+;6-4+;;. The second kappa shape index (κ2) is 14.3. The first-order valence-electron chi connectivity index (χ1n) is 10.9. The highest BCUT2D eigenvalue weighted by molar-refractivity contribution is 5.79. The van der Waals surface area contributed by atoms with Gasteiger partial charge in [0.1, 0.15) is 11.3 Å². The molecule has 4 nitrogen and oxygen atoms in total.